The third-order valence-electron chi connectivity index (χ3n) is 3.60. The smallest absolute Gasteiger partial charge is 0.224 e. The number of nitrogens with zero attached hydrogens (tertiary/aromatic N) is 2. The summed E-state index contributed by atoms with van der Waals surface area (Å²) in [6, 6.07) is 7.88. The van der Waals surface area contributed by atoms with Crippen LogP contribution in [0.25, 0.3) is 0 Å². The average Bonchev–Trinajstić information content (AvgIpc) is 2.94. The Labute approximate surface area is 129 Å². The fourth-order valence-corrected chi connectivity index (χ4v) is 2.68. The summed E-state index contributed by atoms with van der Waals surface area (Å²) >= 11 is 5.11. The topological polar surface area (TPSA) is 61.0 Å². The Morgan fingerprint density at radius 2 is 2.24 bits per heavy atom. The second kappa shape index (κ2) is 6.18. The van der Waals surface area contributed by atoms with E-state index in [4.69, 9.17) is 22.7 Å². The number of aromatic nitrogens is 2. The van der Waals surface area contributed by atoms with Crippen LogP contribution in [0, 0.1) is 0 Å². The standard InChI is InChI=1S/C16H17N3OS/c17-15(21)13-10-11-4-3-6-14(11)19-16(13)20-9-7-12-5-1-2-8-18-12/h1-2,5,8,10H,3-4,6-7,9H2,(H2,17,21). The van der Waals surface area contributed by atoms with Crippen LogP contribution in [0.15, 0.2) is 30.5 Å². The molecule has 5 heteroatoms. The predicted molar refractivity (Wildman–Crippen MR) is 85.6 cm³/mol. The maximum absolute atomic E-state index is 5.81. The first-order chi connectivity index (χ1) is 10.2. The first kappa shape index (κ1) is 13.9. The summed E-state index contributed by atoms with van der Waals surface area (Å²) in [4.78, 5) is 9.21. The van der Waals surface area contributed by atoms with Crippen LogP contribution in [0.5, 0.6) is 5.88 Å². The molecular formula is C16H17N3OS. The van der Waals surface area contributed by atoms with E-state index in [2.05, 4.69) is 9.97 Å². The zero-order valence-electron chi connectivity index (χ0n) is 11.7. The molecule has 21 heavy (non-hydrogen) atoms. The lowest BCUT2D eigenvalue weighted by Gasteiger charge is -2.11. The van der Waals surface area contributed by atoms with E-state index in [-0.39, 0.29) is 0 Å². The lowest BCUT2D eigenvalue weighted by Crippen LogP contribution is -2.15. The van der Waals surface area contributed by atoms with E-state index in [9.17, 15) is 0 Å². The van der Waals surface area contributed by atoms with Crippen LogP contribution in [0.2, 0.25) is 0 Å². The highest BCUT2D eigenvalue weighted by atomic mass is 32.1. The molecule has 2 heterocycles. The van der Waals surface area contributed by atoms with Gasteiger partial charge in [0.15, 0.2) is 0 Å². The highest BCUT2D eigenvalue weighted by Gasteiger charge is 2.18. The maximum Gasteiger partial charge on any atom is 0.224 e. The number of thiocarbonyl (C=S) groups is 1. The molecule has 0 aliphatic heterocycles. The van der Waals surface area contributed by atoms with Gasteiger partial charge in [0.1, 0.15) is 4.99 Å². The Morgan fingerprint density at radius 1 is 1.33 bits per heavy atom. The molecule has 0 saturated carbocycles. The molecule has 2 aromatic heterocycles. The summed E-state index contributed by atoms with van der Waals surface area (Å²) in [6.45, 7) is 0.512. The zero-order chi connectivity index (χ0) is 14.7. The van der Waals surface area contributed by atoms with Crippen LogP contribution < -0.4 is 10.5 Å². The maximum atomic E-state index is 5.81. The minimum absolute atomic E-state index is 0.338. The molecular weight excluding hydrogens is 282 g/mol. The van der Waals surface area contributed by atoms with Crippen LogP contribution in [0.3, 0.4) is 0 Å². The van der Waals surface area contributed by atoms with Crippen LogP contribution in [0.1, 0.15) is 28.9 Å². The van der Waals surface area contributed by atoms with Crippen molar-refractivity contribution >= 4 is 17.2 Å². The predicted octanol–water partition coefficient (Wildman–Crippen LogP) is 2.22. The van der Waals surface area contributed by atoms with Crippen molar-refractivity contribution in [3.05, 3.63) is 53.0 Å². The molecule has 0 bridgehead atoms. The number of rotatable bonds is 5. The van der Waals surface area contributed by atoms with Crippen LogP contribution in [0.4, 0.5) is 0 Å². The van der Waals surface area contributed by atoms with Crippen molar-refractivity contribution < 1.29 is 4.74 Å². The van der Waals surface area contributed by atoms with Crippen LogP contribution >= 0.6 is 12.2 Å². The number of ether oxygens (including phenoxy) is 1. The molecule has 0 amide bonds. The van der Waals surface area contributed by atoms with E-state index in [1.165, 1.54) is 5.56 Å². The van der Waals surface area contributed by atoms with Crippen molar-refractivity contribution in [3.8, 4) is 5.88 Å². The molecule has 1 aliphatic rings. The van der Waals surface area contributed by atoms with Crippen molar-refractivity contribution in [1.29, 1.82) is 0 Å². The summed E-state index contributed by atoms with van der Waals surface area (Å²) in [5.74, 6) is 0.555. The molecule has 0 radical (unpaired) electrons. The number of fused-ring (bicyclic) bond motifs is 1. The minimum atomic E-state index is 0.338. The molecule has 2 N–H and O–H groups in total. The number of aryl methyl sites for hydroxylation is 2. The van der Waals surface area contributed by atoms with Gasteiger partial charge in [0.25, 0.3) is 0 Å². The van der Waals surface area contributed by atoms with E-state index in [1.807, 2.05) is 24.3 Å². The largest absolute Gasteiger partial charge is 0.477 e. The second-order valence-corrected chi connectivity index (χ2v) is 5.52. The van der Waals surface area contributed by atoms with E-state index >= 15 is 0 Å². The third kappa shape index (κ3) is 3.19. The molecule has 0 atom stereocenters. The van der Waals surface area contributed by atoms with Gasteiger partial charge in [0, 0.05) is 24.0 Å². The fourth-order valence-electron chi connectivity index (χ4n) is 2.54. The Bertz CT molecular complexity index is 658. The minimum Gasteiger partial charge on any atom is -0.477 e. The van der Waals surface area contributed by atoms with Gasteiger partial charge < -0.3 is 10.5 Å². The number of pyridine rings is 2. The summed E-state index contributed by atoms with van der Waals surface area (Å²) in [7, 11) is 0. The van der Waals surface area contributed by atoms with Crippen molar-refractivity contribution in [2.75, 3.05) is 6.61 Å². The van der Waals surface area contributed by atoms with Gasteiger partial charge >= 0.3 is 0 Å². The molecule has 4 nitrogen and oxygen atoms in total. The molecule has 108 valence electrons. The first-order valence-corrected chi connectivity index (χ1v) is 7.50. The number of hydrogen-bond acceptors (Lipinski definition) is 4. The van der Waals surface area contributed by atoms with Crippen molar-refractivity contribution in [3.63, 3.8) is 0 Å². The van der Waals surface area contributed by atoms with Crippen molar-refractivity contribution in [2.24, 2.45) is 5.73 Å². The van der Waals surface area contributed by atoms with Gasteiger partial charge in [-0.15, -0.1) is 0 Å². The molecule has 0 unspecified atom stereocenters. The van der Waals surface area contributed by atoms with Gasteiger partial charge in [0.05, 0.1) is 12.2 Å². The van der Waals surface area contributed by atoms with Crippen LogP contribution in [-0.2, 0) is 19.3 Å². The van der Waals surface area contributed by atoms with Crippen molar-refractivity contribution in [1.82, 2.24) is 9.97 Å². The first-order valence-electron chi connectivity index (χ1n) is 7.09. The van der Waals surface area contributed by atoms with Gasteiger partial charge in [-0.3, -0.25) is 4.98 Å². The van der Waals surface area contributed by atoms with Crippen LogP contribution in [-0.4, -0.2) is 21.6 Å². The fraction of sp³-hybridized carbons (Fsp3) is 0.312. The quantitative estimate of drug-likeness (QED) is 0.858. The van der Waals surface area contributed by atoms with Gasteiger partial charge in [-0.05, 0) is 43.0 Å². The zero-order valence-corrected chi connectivity index (χ0v) is 12.5. The van der Waals surface area contributed by atoms with E-state index in [0.717, 1.165) is 42.6 Å². The van der Waals surface area contributed by atoms with E-state index in [0.29, 0.717) is 17.5 Å². The lowest BCUT2D eigenvalue weighted by atomic mass is 10.1. The van der Waals surface area contributed by atoms with Gasteiger partial charge in [-0.25, -0.2) is 4.98 Å². The van der Waals surface area contributed by atoms with E-state index < -0.39 is 0 Å². The Hall–Kier alpha value is -2.01. The Kier molecular flexibility index (Phi) is 4.10. The SMILES string of the molecule is NC(=S)c1cc2c(nc1OCCc1ccccn1)CCC2. The van der Waals surface area contributed by atoms with Gasteiger partial charge in [-0.2, -0.15) is 0 Å². The third-order valence-corrected chi connectivity index (χ3v) is 3.82. The molecule has 0 fully saturated rings. The molecule has 0 saturated heterocycles. The summed E-state index contributed by atoms with van der Waals surface area (Å²) in [6.07, 6.45) is 5.70. The summed E-state index contributed by atoms with van der Waals surface area (Å²) in [5, 5.41) is 0. The van der Waals surface area contributed by atoms with E-state index in [1.54, 1.807) is 6.20 Å². The highest BCUT2D eigenvalue weighted by Crippen LogP contribution is 2.26. The molecule has 3 rings (SSSR count). The molecule has 0 spiro atoms. The normalized spacial score (nSPS) is 13.0. The second-order valence-electron chi connectivity index (χ2n) is 5.08. The lowest BCUT2D eigenvalue weighted by molar-refractivity contribution is 0.307. The average molecular weight is 299 g/mol. The van der Waals surface area contributed by atoms with Gasteiger partial charge in [-0.1, -0.05) is 18.3 Å². The number of hydrogen-bond donors (Lipinski definition) is 1. The summed E-state index contributed by atoms with van der Waals surface area (Å²) < 4.78 is 5.81. The highest BCUT2D eigenvalue weighted by molar-refractivity contribution is 7.80. The Balaban J connectivity index is 1.74. The molecule has 1 aliphatic carbocycles. The molecule has 2 aromatic rings. The van der Waals surface area contributed by atoms with Crippen molar-refractivity contribution in [2.45, 2.75) is 25.7 Å². The van der Waals surface area contributed by atoms with Gasteiger partial charge in [0.2, 0.25) is 5.88 Å². The number of nitrogens with two attached hydrogens (primary N) is 1. The molecule has 0 aromatic carbocycles. The monoisotopic (exact) mass is 299 g/mol. The summed E-state index contributed by atoms with van der Waals surface area (Å²) in [5.41, 5.74) is 9.89. The Morgan fingerprint density at radius 3 is 3.00 bits per heavy atom.